The Morgan fingerprint density at radius 1 is 1.20 bits per heavy atom. The second-order valence-corrected chi connectivity index (χ2v) is 4.85. The molecule has 0 rings (SSSR count). The SMILES string of the molecule is O[PH](O)(O)Br. The van der Waals surface area contributed by atoms with E-state index in [9.17, 15) is 0 Å². The molecule has 3 nitrogen and oxygen atoms in total. The van der Waals surface area contributed by atoms with Gasteiger partial charge in [-0.1, -0.05) is 0 Å². The van der Waals surface area contributed by atoms with E-state index in [1.165, 1.54) is 0 Å². The fourth-order valence-corrected chi connectivity index (χ4v) is 0. The summed E-state index contributed by atoms with van der Waals surface area (Å²) in [5.74, 6) is 0. The van der Waals surface area contributed by atoms with Gasteiger partial charge in [0.05, 0.1) is 0 Å². The van der Waals surface area contributed by atoms with Crippen LogP contribution in [-0.2, 0) is 0 Å². The third-order valence-electron chi connectivity index (χ3n) is 0. The molecule has 0 aromatic heterocycles. The zero-order valence-corrected chi connectivity index (χ0v) is 4.81. The summed E-state index contributed by atoms with van der Waals surface area (Å²) in [4.78, 5) is 23.1. The van der Waals surface area contributed by atoms with Gasteiger partial charge in [-0.3, -0.25) is 0 Å². The fourth-order valence-electron chi connectivity index (χ4n) is 0. The quantitative estimate of drug-likeness (QED) is 0.432. The van der Waals surface area contributed by atoms with Gasteiger partial charge in [-0.2, -0.15) is 0 Å². The molecule has 0 aromatic carbocycles. The van der Waals surface area contributed by atoms with Crippen molar-refractivity contribution in [2.75, 3.05) is 0 Å². The van der Waals surface area contributed by atoms with E-state index in [4.69, 9.17) is 14.7 Å². The predicted octanol–water partition coefficient (Wildman–Crippen LogP) is -0.232. The molecule has 0 spiro atoms. The monoisotopic (exact) mass is 162 g/mol. The summed E-state index contributed by atoms with van der Waals surface area (Å²) in [5.41, 5.74) is 0. The third kappa shape index (κ3) is 59.7. The topological polar surface area (TPSA) is 60.7 Å². The maximum atomic E-state index is 7.69. The van der Waals surface area contributed by atoms with Crippen molar-refractivity contribution in [2.24, 2.45) is 0 Å². The van der Waals surface area contributed by atoms with Crippen LogP contribution in [0.3, 0.4) is 0 Å². The second-order valence-electron chi connectivity index (χ2n) is 0.554. The van der Waals surface area contributed by atoms with Crippen LogP contribution >= 0.6 is 22.1 Å². The molecule has 0 radical (unpaired) electrons. The minimum absolute atomic E-state index is 2.18. The van der Waals surface area contributed by atoms with Crippen LogP contribution in [0.2, 0.25) is 0 Å². The molecule has 3 N–H and O–H groups in total. The van der Waals surface area contributed by atoms with E-state index in [1.54, 1.807) is 0 Å². The molecule has 0 bridgehead atoms. The predicted molar refractivity (Wildman–Crippen MR) is 23.9 cm³/mol. The Balaban J connectivity index is 3.02. The van der Waals surface area contributed by atoms with Crippen LogP contribution in [0.15, 0.2) is 0 Å². The van der Waals surface area contributed by atoms with E-state index in [-0.39, 0.29) is 0 Å². The van der Waals surface area contributed by atoms with Gasteiger partial charge in [0.15, 0.2) is 0 Å². The summed E-state index contributed by atoms with van der Waals surface area (Å²) in [5, 5.41) is 0. The average Bonchev–Trinajstić information content (AvgIpc) is 0.722. The van der Waals surface area contributed by atoms with E-state index < -0.39 is 6.65 Å². The Hall–Kier alpha value is 0.790. The second kappa shape index (κ2) is 1.49. The van der Waals surface area contributed by atoms with Gasteiger partial charge in [-0.25, -0.2) is 0 Å². The van der Waals surface area contributed by atoms with Gasteiger partial charge in [-0.15, -0.1) is 0 Å². The zero-order chi connectivity index (χ0) is 4.50. The van der Waals surface area contributed by atoms with Gasteiger partial charge in [0.1, 0.15) is 0 Å². The van der Waals surface area contributed by atoms with Crippen LogP contribution in [0.5, 0.6) is 0 Å². The number of hydrogen-bond donors (Lipinski definition) is 3. The van der Waals surface area contributed by atoms with Gasteiger partial charge < -0.3 is 0 Å². The summed E-state index contributed by atoms with van der Waals surface area (Å²) in [6.07, 6.45) is 0. The van der Waals surface area contributed by atoms with Crippen molar-refractivity contribution >= 4 is 22.1 Å². The first kappa shape index (κ1) is 5.79. The first-order chi connectivity index (χ1) is 2.00. The molecule has 5 heteroatoms. The molecule has 34 valence electrons. The normalized spacial score (nSPS) is 15.2. The summed E-state index contributed by atoms with van der Waals surface area (Å²) < 4.78 is 0. The summed E-state index contributed by atoms with van der Waals surface area (Å²) in [6, 6.07) is 0. The molecular weight excluding hydrogens is 159 g/mol. The molecule has 0 atom stereocenters. The van der Waals surface area contributed by atoms with E-state index in [1.807, 2.05) is 0 Å². The Bertz CT molecular complexity index is 22.4. The van der Waals surface area contributed by atoms with Gasteiger partial charge >= 0.3 is 36.8 Å². The molecule has 0 amide bonds. The van der Waals surface area contributed by atoms with Crippen LogP contribution < -0.4 is 0 Å². The molecule has 0 unspecified atom stereocenters. The van der Waals surface area contributed by atoms with Crippen molar-refractivity contribution in [2.45, 2.75) is 0 Å². The number of rotatable bonds is 0. The zero-order valence-electron chi connectivity index (χ0n) is 2.22. The first-order valence-corrected chi connectivity index (χ1v) is 4.96. The van der Waals surface area contributed by atoms with Crippen molar-refractivity contribution in [3.8, 4) is 0 Å². The van der Waals surface area contributed by atoms with Gasteiger partial charge in [-0.05, 0) is 0 Å². The molecule has 0 fully saturated rings. The summed E-state index contributed by atoms with van der Waals surface area (Å²) >= 11 is 2.18. The Morgan fingerprint density at radius 3 is 1.20 bits per heavy atom. The molecule has 5 heavy (non-hydrogen) atoms. The van der Waals surface area contributed by atoms with E-state index in [0.29, 0.717) is 0 Å². The first-order valence-electron chi connectivity index (χ1n) is 0.860. The molecule has 0 aliphatic carbocycles. The summed E-state index contributed by atoms with van der Waals surface area (Å²) in [7, 11) is 0. The van der Waals surface area contributed by atoms with Crippen molar-refractivity contribution in [1.29, 1.82) is 0 Å². The van der Waals surface area contributed by atoms with Crippen LogP contribution in [-0.4, -0.2) is 14.7 Å². The molecule has 0 aliphatic rings. The fraction of sp³-hybridized carbons (Fsp3) is 0. The molecular formula is H4BrO3P. The van der Waals surface area contributed by atoms with Crippen molar-refractivity contribution < 1.29 is 14.7 Å². The van der Waals surface area contributed by atoms with E-state index in [2.05, 4.69) is 15.5 Å². The Labute approximate surface area is 37.6 Å². The van der Waals surface area contributed by atoms with Crippen LogP contribution in [0.1, 0.15) is 0 Å². The number of halogens is 1. The van der Waals surface area contributed by atoms with Crippen LogP contribution in [0.4, 0.5) is 0 Å². The molecule has 0 aliphatic heterocycles. The summed E-state index contributed by atoms with van der Waals surface area (Å²) in [6.45, 7) is -3.80. The molecule has 0 saturated carbocycles. The van der Waals surface area contributed by atoms with Crippen molar-refractivity contribution in [3.05, 3.63) is 0 Å². The van der Waals surface area contributed by atoms with Gasteiger partial charge in [0.2, 0.25) is 0 Å². The average molecular weight is 163 g/mol. The van der Waals surface area contributed by atoms with Crippen molar-refractivity contribution in [3.63, 3.8) is 0 Å². The molecule has 0 aromatic rings. The van der Waals surface area contributed by atoms with E-state index >= 15 is 0 Å². The van der Waals surface area contributed by atoms with Gasteiger partial charge in [0.25, 0.3) is 0 Å². The molecule has 0 saturated heterocycles. The van der Waals surface area contributed by atoms with Crippen LogP contribution in [0, 0.1) is 0 Å². The maximum absolute atomic E-state index is 7.69. The van der Waals surface area contributed by atoms with Crippen LogP contribution in [0.25, 0.3) is 0 Å². The minimum atomic E-state index is -3.80. The Morgan fingerprint density at radius 2 is 1.20 bits per heavy atom. The molecule has 0 heterocycles. The van der Waals surface area contributed by atoms with Gasteiger partial charge in [0, 0.05) is 0 Å². The van der Waals surface area contributed by atoms with E-state index in [0.717, 1.165) is 0 Å². The number of hydrogen-bond acceptors (Lipinski definition) is 3. The third-order valence-corrected chi connectivity index (χ3v) is 0. The Kier molecular flexibility index (Phi) is 1.73. The van der Waals surface area contributed by atoms with Crippen molar-refractivity contribution in [1.82, 2.24) is 0 Å². The standard InChI is InChI=1S/BrH4O3P/c1-5(2,3)4/h2-5H.